The molecule has 3 aromatic carbocycles. The maximum atomic E-state index is 10.2. The molecule has 0 radical (unpaired) electrons. The molecule has 3 nitrogen and oxygen atoms in total. The van der Waals surface area contributed by atoms with Gasteiger partial charge in [0.15, 0.2) is 0 Å². The lowest BCUT2D eigenvalue weighted by molar-refractivity contribution is -0.109. The fourth-order valence-electron chi connectivity index (χ4n) is 2.33. The van der Waals surface area contributed by atoms with Crippen molar-refractivity contribution in [1.29, 1.82) is 0 Å². The lowest BCUT2D eigenvalue weighted by Crippen LogP contribution is -2.00. The van der Waals surface area contributed by atoms with Crippen LogP contribution in [0.5, 0.6) is 0 Å². The highest BCUT2D eigenvalue weighted by Gasteiger charge is 2.03. The van der Waals surface area contributed by atoms with Crippen LogP contribution in [0.1, 0.15) is 5.56 Å². The van der Waals surface area contributed by atoms with E-state index in [9.17, 15) is 4.79 Å². The number of hydrogen-bond donors (Lipinski definition) is 1. The highest BCUT2D eigenvalue weighted by atomic mass is 16.1. The second-order valence-corrected chi connectivity index (χ2v) is 4.24. The zero-order valence-corrected chi connectivity index (χ0v) is 10.2. The van der Waals surface area contributed by atoms with Crippen LogP contribution >= 0.6 is 0 Å². The van der Waals surface area contributed by atoms with Gasteiger partial charge in [-0.3, -0.25) is 4.79 Å². The van der Waals surface area contributed by atoms with Crippen molar-refractivity contribution in [3.8, 4) is 0 Å². The number of nitrogens with zero attached hydrogens (tertiary/aromatic N) is 1. The molecule has 0 atom stereocenters. The summed E-state index contributed by atoms with van der Waals surface area (Å²) >= 11 is 0. The van der Waals surface area contributed by atoms with Crippen molar-refractivity contribution in [2.45, 2.75) is 0 Å². The van der Waals surface area contributed by atoms with Crippen molar-refractivity contribution in [3.05, 3.63) is 60.2 Å². The average Bonchev–Trinajstić information content (AvgIpc) is 2.47. The minimum absolute atomic E-state index is 0.555. The van der Waals surface area contributed by atoms with Crippen molar-refractivity contribution in [2.24, 2.45) is 5.10 Å². The molecule has 0 spiro atoms. The van der Waals surface area contributed by atoms with Crippen LogP contribution in [0.15, 0.2) is 59.7 Å². The Balaban J connectivity index is 2.32. The summed E-state index contributed by atoms with van der Waals surface area (Å²) in [4.78, 5) is 10.2. The number of amides is 1. The molecule has 0 saturated carbocycles. The molecule has 0 aliphatic heterocycles. The summed E-state index contributed by atoms with van der Waals surface area (Å²) in [6.07, 6.45) is 2.23. The van der Waals surface area contributed by atoms with E-state index in [1.165, 1.54) is 10.8 Å². The van der Waals surface area contributed by atoms with Gasteiger partial charge in [-0.25, -0.2) is 5.43 Å². The van der Waals surface area contributed by atoms with Gasteiger partial charge in [0.25, 0.3) is 0 Å². The molecule has 19 heavy (non-hydrogen) atoms. The van der Waals surface area contributed by atoms with Crippen LogP contribution < -0.4 is 5.43 Å². The zero-order chi connectivity index (χ0) is 13.1. The first-order valence-corrected chi connectivity index (χ1v) is 6.03. The van der Waals surface area contributed by atoms with Gasteiger partial charge in [-0.1, -0.05) is 48.5 Å². The maximum Gasteiger partial charge on any atom is 0.227 e. The summed E-state index contributed by atoms with van der Waals surface area (Å²) in [5, 5.41) is 8.57. The standard InChI is InChI=1S/C16H12N2O/c19-11-18-17-10-13-9-12-5-1-2-6-14(12)16-8-4-3-7-15(13)16/h1-11H,(H,18,19)/b17-10-. The van der Waals surface area contributed by atoms with Crippen LogP contribution in [0.2, 0.25) is 0 Å². The van der Waals surface area contributed by atoms with E-state index in [4.69, 9.17) is 0 Å². The van der Waals surface area contributed by atoms with Gasteiger partial charge < -0.3 is 0 Å². The van der Waals surface area contributed by atoms with E-state index >= 15 is 0 Å². The van der Waals surface area contributed by atoms with Crippen LogP contribution in [0.4, 0.5) is 0 Å². The zero-order valence-electron chi connectivity index (χ0n) is 10.2. The summed E-state index contributed by atoms with van der Waals surface area (Å²) in [6, 6.07) is 18.5. The second kappa shape index (κ2) is 4.90. The Hall–Kier alpha value is -2.68. The van der Waals surface area contributed by atoms with Crippen LogP contribution in [-0.4, -0.2) is 12.6 Å². The van der Waals surface area contributed by atoms with E-state index in [1.807, 2.05) is 24.3 Å². The lowest BCUT2D eigenvalue weighted by atomic mass is 9.98. The SMILES string of the molecule is O=CN/N=C\c1cc2ccccc2c2ccccc12. The number of fused-ring (bicyclic) bond motifs is 3. The molecule has 1 amide bonds. The quantitative estimate of drug-likeness (QED) is 0.329. The second-order valence-electron chi connectivity index (χ2n) is 4.24. The molecule has 0 aromatic heterocycles. The van der Waals surface area contributed by atoms with Gasteiger partial charge in [0.05, 0.1) is 6.21 Å². The summed E-state index contributed by atoms with van der Waals surface area (Å²) in [5.74, 6) is 0. The van der Waals surface area contributed by atoms with Crippen LogP contribution in [-0.2, 0) is 4.79 Å². The molecule has 0 bridgehead atoms. The van der Waals surface area contributed by atoms with Crippen molar-refractivity contribution >= 4 is 34.2 Å². The van der Waals surface area contributed by atoms with Gasteiger partial charge in [0, 0.05) is 5.56 Å². The predicted octanol–water partition coefficient (Wildman–Crippen LogP) is 3.07. The summed E-state index contributed by atoms with van der Waals surface area (Å²) in [6.45, 7) is 0. The van der Waals surface area contributed by atoms with E-state index in [0.29, 0.717) is 6.41 Å². The minimum Gasteiger partial charge on any atom is -0.277 e. The molecule has 0 aliphatic carbocycles. The van der Waals surface area contributed by atoms with E-state index in [2.05, 4.69) is 40.9 Å². The van der Waals surface area contributed by atoms with Crippen molar-refractivity contribution in [3.63, 3.8) is 0 Å². The Kier molecular flexibility index (Phi) is 2.94. The van der Waals surface area contributed by atoms with E-state index in [1.54, 1.807) is 6.21 Å². The molecule has 0 heterocycles. The van der Waals surface area contributed by atoms with Crippen LogP contribution in [0.3, 0.4) is 0 Å². The fraction of sp³-hybridized carbons (Fsp3) is 0. The molecule has 3 aromatic rings. The molecule has 3 rings (SSSR count). The topological polar surface area (TPSA) is 41.5 Å². The first kappa shape index (κ1) is 11.4. The summed E-state index contributed by atoms with van der Waals surface area (Å²) in [5.41, 5.74) is 3.29. The molecule has 92 valence electrons. The average molecular weight is 248 g/mol. The number of benzene rings is 3. The molecule has 0 aliphatic rings. The van der Waals surface area contributed by atoms with Gasteiger partial charge in [0.2, 0.25) is 6.41 Å². The largest absolute Gasteiger partial charge is 0.277 e. The first-order chi connectivity index (χ1) is 9.40. The smallest absolute Gasteiger partial charge is 0.227 e. The Bertz CT molecular complexity index is 778. The molecule has 0 saturated heterocycles. The Labute approximate surface area is 110 Å². The lowest BCUT2D eigenvalue weighted by Gasteiger charge is -2.07. The maximum absolute atomic E-state index is 10.2. The Morgan fingerprint density at radius 1 is 0.895 bits per heavy atom. The van der Waals surface area contributed by atoms with Crippen molar-refractivity contribution < 1.29 is 4.79 Å². The first-order valence-electron chi connectivity index (χ1n) is 6.03. The molecular weight excluding hydrogens is 236 g/mol. The van der Waals surface area contributed by atoms with Gasteiger partial charge >= 0.3 is 0 Å². The van der Waals surface area contributed by atoms with E-state index in [0.717, 1.165) is 16.3 Å². The molecule has 0 unspecified atom stereocenters. The monoisotopic (exact) mass is 248 g/mol. The third-order valence-corrected chi connectivity index (χ3v) is 3.13. The third-order valence-electron chi connectivity index (χ3n) is 3.13. The number of carbonyl (C=O) groups excluding carboxylic acids is 1. The predicted molar refractivity (Wildman–Crippen MR) is 78.2 cm³/mol. The fourth-order valence-corrected chi connectivity index (χ4v) is 2.33. The number of carbonyl (C=O) groups is 1. The third kappa shape index (κ3) is 2.06. The highest BCUT2D eigenvalue weighted by Crippen LogP contribution is 2.27. The normalized spacial score (nSPS) is 11.2. The van der Waals surface area contributed by atoms with Gasteiger partial charge in [-0.2, -0.15) is 5.10 Å². The minimum atomic E-state index is 0.555. The van der Waals surface area contributed by atoms with E-state index < -0.39 is 0 Å². The Morgan fingerprint density at radius 3 is 2.37 bits per heavy atom. The number of hydrogen-bond acceptors (Lipinski definition) is 2. The summed E-state index contributed by atoms with van der Waals surface area (Å²) < 4.78 is 0. The van der Waals surface area contributed by atoms with Gasteiger partial charge in [0.1, 0.15) is 0 Å². The highest BCUT2D eigenvalue weighted by molar-refractivity contribution is 6.14. The molecular formula is C16H12N2O. The summed E-state index contributed by atoms with van der Waals surface area (Å²) in [7, 11) is 0. The van der Waals surface area contributed by atoms with E-state index in [-0.39, 0.29) is 0 Å². The number of rotatable bonds is 3. The number of hydrazone groups is 1. The van der Waals surface area contributed by atoms with Crippen LogP contribution in [0.25, 0.3) is 21.5 Å². The van der Waals surface area contributed by atoms with Gasteiger partial charge in [-0.15, -0.1) is 0 Å². The van der Waals surface area contributed by atoms with Crippen molar-refractivity contribution in [2.75, 3.05) is 0 Å². The van der Waals surface area contributed by atoms with Gasteiger partial charge in [-0.05, 0) is 27.6 Å². The molecule has 0 fully saturated rings. The number of nitrogens with one attached hydrogen (secondary N) is 1. The molecule has 1 N–H and O–H groups in total. The Morgan fingerprint density at radius 2 is 1.58 bits per heavy atom. The molecule has 3 heteroatoms. The van der Waals surface area contributed by atoms with Crippen LogP contribution in [0, 0.1) is 0 Å². The van der Waals surface area contributed by atoms with Crippen molar-refractivity contribution in [1.82, 2.24) is 5.43 Å².